The highest BCUT2D eigenvalue weighted by molar-refractivity contribution is 6.45. The van der Waals surface area contributed by atoms with Gasteiger partial charge in [-0.05, 0) is 35.4 Å². The van der Waals surface area contributed by atoms with Gasteiger partial charge in [0.1, 0.15) is 7.85 Å². The van der Waals surface area contributed by atoms with Gasteiger partial charge in [-0.2, -0.15) is 5.26 Å². The van der Waals surface area contributed by atoms with Crippen LogP contribution in [0.3, 0.4) is 0 Å². The Kier molecular flexibility index (Phi) is 2.42. The van der Waals surface area contributed by atoms with E-state index in [2.05, 4.69) is 6.07 Å². The van der Waals surface area contributed by atoms with E-state index in [0.29, 0.717) is 5.56 Å². The Hall–Kier alpha value is -1.46. The molecule has 0 bridgehead atoms. The summed E-state index contributed by atoms with van der Waals surface area (Å²) in [4.78, 5) is 0. The van der Waals surface area contributed by atoms with Gasteiger partial charge in [-0.3, -0.25) is 0 Å². The number of nitrogens with zero attached hydrogens (tertiary/aromatic N) is 1. The molecule has 0 aliphatic heterocycles. The SMILES string of the molecule is Bc1cc2cc(C)c(C#N)cc2cc1Cl. The molecule has 1 nitrogen and oxygen atoms in total. The normalized spacial score (nSPS) is 10.2. The number of nitriles is 1. The van der Waals surface area contributed by atoms with Gasteiger partial charge in [-0.1, -0.05) is 29.2 Å². The lowest BCUT2D eigenvalue weighted by Gasteiger charge is -2.05. The smallest absolute Gasteiger partial charge is 0.141 e. The Balaban J connectivity index is 2.84. The summed E-state index contributed by atoms with van der Waals surface area (Å²) in [7, 11) is 1.98. The van der Waals surface area contributed by atoms with Gasteiger partial charge < -0.3 is 0 Å². The lowest BCUT2D eigenvalue weighted by atomic mass is 9.92. The van der Waals surface area contributed by atoms with E-state index < -0.39 is 0 Å². The van der Waals surface area contributed by atoms with Crippen LogP contribution in [-0.4, -0.2) is 7.85 Å². The van der Waals surface area contributed by atoms with Crippen molar-refractivity contribution < 1.29 is 0 Å². The highest BCUT2D eigenvalue weighted by atomic mass is 35.5. The van der Waals surface area contributed by atoms with Gasteiger partial charge >= 0.3 is 0 Å². The quantitative estimate of drug-likeness (QED) is 0.614. The van der Waals surface area contributed by atoms with Crippen LogP contribution in [0.4, 0.5) is 0 Å². The minimum Gasteiger partial charge on any atom is -0.192 e. The van der Waals surface area contributed by atoms with E-state index in [0.717, 1.165) is 26.8 Å². The highest BCUT2D eigenvalue weighted by Gasteiger charge is 2.03. The summed E-state index contributed by atoms with van der Waals surface area (Å²) in [5.41, 5.74) is 2.78. The van der Waals surface area contributed by atoms with Gasteiger partial charge in [0.15, 0.2) is 0 Å². The largest absolute Gasteiger partial charge is 0.192 e. The second-order valence-corrected chi connectivity index (χ2v) is 4.13. The van der Waals surface area contributed by atoms with E-state index in [1.54, 1.807) is 0 Å². The first-order valence-corrected chi connectivity index (χ1v) is 5.10. The average Bonchev–Trinajstić information content (AvgIpc) is 2.20. The molecule has 2 rings (SSSR count). The summed E-state index contributed by atoms with van der Waals surface area (Å²) in [6, 6.07) is 10.0. The lowest BCUT2D eigenvalue weighted by Crippen LogP contribution is -2.03. The maximum Gasteiger partial charge on any atom is 0.141 e. The van der Waals surface area contributed by atoms with Crippen LogP contribution in [0.25, 0.3) is 10.8 Å². The van der Waals surface area contributed by atoms with Crippen molar-refractivity contribution in [1.29, 1.82) is 5.26 Å². The Labute approximate surface area is 94.7 Å². The number of rotatable bonds is 0. The molecule has 0 aliphatic carbocycles. The van der Waals surface area contributed by atoms with E-state index in [9.17, 15) is 0 Å². The predicted octanol–water partition coefficient (Wildman–Crippen LogP) is 1.93. The molecule has 0 N–H and O–H groups in total. The van der Waals surface area contributed by atoms with Gasteiger partial charge in [-0.25, -0.2) is 0 Å². The van der Waals surface area contributed by atoms with E-state index in [1.807, 2.05) is 39.0 Å². The van der Waals surface area contributed by atoms with Crippen LogP contribution < -0.4 is 5.46 Å². The topological polar surface area (TPSA) is 23.8 Å². The van der Waals surface area contributed by atoms with E-state index in [1.165, 1.54) is 0 Å². The summed E-state index contributed by atoms with van der Waals surface area (Å²) in [5.74, 6) is 0. The Morgan fingerprint density at radius 2 is 1.87 bits per heavy atom. The zero-order valence-corrected chi connectivity index (χ0v) is 9.39. The first-order chi connectivity index (χ1) is 7.11. The summed E-state index contributed by atoms with van der Waals surface area (Å²) in [6.07, 6.45) is 0. The maximum absolute atomic E-state index is 8.92. The van der Waals surface area contributed by atoms with Crippen molar-refractivity contribution in [2.75, 3.05) is 0 Å². The van der Waals surface area contributed by atoms with Crippen LogP contribution in [0.1, 0.15) is 11.1 Å². The zero-order valence-electron chi connectivity index (χ0n) is 8.63. The van der Waals surface area contributed by atoms with Crippen molar-refractivity contribution in [3.8, 4) is 6.07 Å². The third-order valence-electron chi connectivity index (χ3n) is 2.58. The molecule has 0 fully saturated rings. The van der Waals surface area contributed by atoms with E-state index in [-0.39, 0.29) is 0 Å². The average molecular weight is 213 g/mol. The fraction of sp³-hybridized carbons (Fsp3) is 0.0833. The van der Waals surface area contributed by atoms with Crippen molar-refractivity contribution in [3.63, 3.8) is 0 Å². The summed E-state index contributed by atoms with van der Waals surface area (Å²) < 4.78 is 0. The molecule has 0 heterocycles. The van der Waals surface area contributed by atoms with Gasteiger partial charge in [0.05, 0.1) is 11.6 Å². The number of benzene rings is 2. The Morgan fingerprint density at radius 3 is 2.53 bits per heavy atom. The minimum atomic E-state index is 0.711. The second kappa shape index (κ2) is 3.60. The third kappa shape index (κ3) is 1.71. The number of fused-ring (bicyclic) bond motifs is 1. The monoisotopic (exact) mass is 213 g/mol. The molecule has 0 amide bonds. The van der Waals surface area contributed by atoms with Crippen molar-refractivity contribution in [3.05, 3.63) is 40.4 Å². The molecular weight excluding hydrogens is 204 g/mol. The van der Waals surface area contributed by atoms with Gasteiger partial charge in [0, 0.05) is 5.02 Å². The van der Waals surface area contributed by atoms with E-state index in [4.69, 9.17) is 16.9 Å². The van der Waals surface area contributed by atoms with Gasteiger partial charge in [0.25, 0.3) is 0 Å². The lowest BCUT2D eigenvalue weighted by molar-refractivity contribution is 1.42. The molecule has 0 atom stereocenters. The minimum absolute atomic E-state index is 0.711. The maximum atomic E-state index is 8.92. The molecule has 3 heteroatoms. The molecule has 0 radical (unpaired) electrons. The number of hydrogen-bond donors (Lipinski definition) is 0. The molecule has 0 saturated carbocycles. The number of aryl methyl sites for hydroxylation is 1. The van der Waals surface area contributed by atoms with Crippen molar-refractivity contribution in [2.45, 2.75) is 6.92 Å². The molecule has 72 valence electrons. The molecule has 2 aromatic rings. The van der Waals surface area contributed by atoms with Crippen molar-refractivity contribution in [2.24, 2.45) is 0 Å². The third-order valence-corrected chi connectivity index (χ3v) is 2.99. The van der Waals surface area contributed by atoms with Crippen LogP contribution >= 0.6 is 11.6 Å². The fourth-order valence-electron chi connectivity index (χ4n) is 1.67. The van der Waals surface area contributed by atoms with Crippen LogP contribution in [0.5, 0.6) is 0 Å². The molecular formula is C12H9BClN. The molecule has 2 aromatic carbocycles. The van der Waals surface area contributed by atoms with Gasteiger partial charge in [-0.15, -0.1) is 0 Å². The summed E-state index contributed by atoms with van der Waals surface area (Å²) in [6.45, 7) is 1.95. The number of halogens is 1. The van der Waals surface area contributed by atoms with Gasteiger partial charge in [0.2, 0.25) is 0 Å². The highest BCUT2D eigenvalue weighted by Crippen LogP contribution is 2.21. The van der Waals surface area contributed by atoms with Crippen LogP contribution in [0.2, 0.25) is 5.02 Å². The summed E-state index contributed by atoms with van der Waals surface area (Å²) in [5, 5.41) is 11.8. The zero-order chi connectivity index (χ0) is 11.0. The van der Waals surface area contributed by atoms with E-state index >= 15 is 0 Å². The molecule has 0 spiro atoms. The first-order valence-electron chi connectivity index (χ1n) is 4.72. The van der Waals surface area contributed by atoms with Crippen molar-refractivity contribution in [1.82, 2.24) is 0 Å². The standard InChI is InChI=1S/C12H9BClN/c1-7-2-8-4-11(13)12(14)5-9(8)3-10(7)6-15/h2-5H,13H2,1H3. The predicted molar refractivity (Wildman–Crippen MR) is 66.6 cm³/mol. The molecule has 0 aromatic heterocycles. The molecule has 0 saturated heterocycles. The van der Waals surface area contributed by atoms with Crippen molar-refractivity contribution >= 4 is 35.7 Å². The molecule has 15 heavy (non-hydrogen) atoms. The second-order valence-electron chi connectivity index (χ2n) is 3.73. The molecule has 0 unspecified atom stereocenters. The fourth-order valence-corrected chi connectivity index (χ4v) is 1.84. The van der Waals surface area contributed by atoms with Crippen LogP contribution in [0, 0.1) is 18.3 Å². The van der Waals surface area contributed by atoms with Crippen LogP contribution in [0.15, 0.2) is 24.3 Å². The molecule has 0 aliphatic rings. The Bertz CT molecular complexity index is 584. The summed E-state index contributed by atoms with van der Waals surface area (Å²) >= 11 is 6.04. The Morgan fingerprint density at radius 1 is 1.20 bits per heavy atom. The van der Waals surface area contributed by atoms with Crippen LogP contribution in [-0.2, 0) is 0 Å². The first kappa shape index (κ1) is 10.1. The number of hydrogen-bond acceptors (Lipinski definition) is 1.